The molecule has 148 valence electrons. The van der Waals surface area contributed by atoms with Gasteiger partial charge in [0.05, 0.1) is 23.2 Å². The quantitative estimate of drug-likeness (QED) is 0.652. The van der Waals surface area contributed by atoms with Gasteiger partial charge in [-0.1, -0.05) is 12.2 Å². The number of hydrogen-bond donors (Lipinski definition) is 3. The molecule has 1 saturated heterocycles. The summed E-state index contributed by atoms with van der Waals surface area (Å²) in [5.74, 6) is -1.90. The number of anilines is 1. The zero-order chi connectivity index (χ0) is 20.7. The van der Waals surface area contributed by atoms with Crippen molar-refractivity contribution in [1.82, 2.24) is 14.6 Å². The van der Waals surface area contributed by atoms with E-state index >= 15 is 0 Å². The Morgan fingerprint density at radius 3 is 2.68 bits per heavy atom. The first-order valence-electron chi connectivity index (χ1n) is 8.08. The summed E-state index contributed by atoms with van der Waals surface area (Å²) in [7, 11) is -2.52. The lowest BCUT2D eigenvalue weighted by Crippen LogP contribution is -2.61. The number of aromatic nitrogens is 1. The highest BCUT2D eigenvalue weighted by atomic mass is 32.2. The van der Waals surface area contributed by atoms with Crippen LogP contribution in [0, 0.1) is 17.0 Å². The first-order chi connectivity index (χ1) is 13.0. The highest BCUT2D eigenvalue weighted by Gasteiger charge is 2.43. The maximum Gasteiger partial charge on any atom is 0.239 e. The van der Waals surface area contributed by atoms with Gasteiger partial charge in [-0.25, -0.2) is 21.5 Å². The smallest absolute Gasteiger partial charge is 0.239 e. The second-order valence-electron chi connectivity index (χ2n) is 6.54. The van der Waals surface area contributed by atoms with E-state index in [2.05, 4.69) is 15.6 Å². The molecule has 0 aliphatic carbocycles. The maximum absolute atomic E-state index is 14.5. The second kappa shape index (κ2) is 7.06. The first-order valence-corrected chi connectivity index (χ1v) is 10.1. The lowest BCUT2D eigenvalue weighted by molar-refractivity contribution is 0.403. The lowest BCUT2D eigenvalue weighted by atomic mass is 9.93. The van der Waals surface area contributed by atoms with Crippen LogP contribution in [-0.2, 0) is 15.6 Å². The number of hydrogen-bond acceptors (Lipinski definition) is 5. The predicted octanol–water partition coefficient (Wildman–Crippen LogP) is 2.16. The van der Waals surface area contributed by atoms with E-state index in [4.69, 9.17) is 17.6 Å². The molecule has 1 aliphatic heterocycles. The Morgan fingerprint density at radius 2 is 2.07 bits per heavy atom. The van der Waals surface area contributed by atoms with Gasteiger partial charge in [0, 0.05) is 18.3 Å². The summed E-state index contributed by atoms with van der Waals surface area (Å²) < 4.78 is 53.0. The summed E-state index contributed by atoms with van der Waals surface area (Å²) in [5, 5.41) is 13.5. The van der Waals surface area contributed by atoms with E-state index in [1.165, 1.54) is 44.3 Å². The van der Waals surface area contributed by atoms with Crippen LogP contribution in [0.4, 0.5) is 14.5 Å². The van der Waals surface area contributed by atoms with Gasteiger partial charge in [-0.05, 0) is 37.3 Å². The molecule has 0 spiro atoms. The van der Waals surface area contributed by atoms with Gasteiger partial charge in [0.15, 0.2) is 0 Å². The van der Waals surface area contributed by atoms with Gasteiger partial charge in [-0.15, -0.1) is 0 Å². The number of thiocarbonyl (C=S) groups is 1. The number of guanidine groups is 1. The molecule has 2 heterocycles. The van der Waals surface area contributed by atoms with Crippen molar-refractivity contribution in [1.29, 1.82) is 5.41 Å². The molecule has 1 aliphatic rings. The first kappa shape index (κ1) is 20.1. The van der Waals surface area contributed by atoms with E-state index in [0.717, 1.165) is 10.5 Å². The minimum absolute atomic E-state index is 0.0637. The van der Waals surface area contributed by atoms with Crippen LogP contribution in [0.2, 0.25) is 0 Å². The average molecular weight is 425 g/mol. The summed E-state index contributed by atoms with van der Waals surface area (Å²) in [6.45, 7) is 1.51. The van der Waals surface area contributed by atoms with Crippen molar-refractivity contribution in [3.05, 3.63) is 59.4 Å². The Kier molecular flexibility index (Phi) is 5.06. The van der Waals surface area contributed by atoms with E-state index in [-0.39, 0.29) is 16.5 Å². The minimum atomic E-state index is -3.78. The largest absolute Gasteiger partial charge is 0.345 e. The monoisotopic (exact) mass is 425 g/mol. The molecule has 1 atom stereocenters. The highest BCUT2D eigenvalue weighted by molar-refractivity contribution is 7.89. The van der Waals surface area contributed by atoms with E-state index in [1.807, 2.05) is 0 Å². The molecule has 1 fully saturated rings. The van der Waals surface area contributed by atoms with Crippen LogP contribution >= 0.6 is 12.2 Å². The van der Waals surface area contributed by atoms with Gasteiger partial charge in [0.25, 0.3) is 0 Å². The topological polar surface area (TPSA) is 98.2 Å². The van der Waals surface area contributed by atoms with Gasteiger partial charge >= 0.3 is 0 Å². The third-order valence-electron chi connectivity index (χ3n) is 4.38. The summed E-state index contributed by atoms with van der Waals surface area (Å²) in [6, 6.07) is 6.66. The fourth-order valence-corrected chi connectivity index (χ4v) is 4.57. The molecule has 0 saturated carbocycles. The number of pyridine rings is 1. The fraction of sp³-hybridized carbons (Fsp3) is 0.235. The van der Waals surface area contributed by atoms with Crippen LogP contribution in [0.3, 0.4) is 0 Å². The molecular weight excluding hydrogens is 408 g/mol. The van der Waals surface area contributed by atoms with Gasteiger partial charge in [0.2, 0.25) is 16.0 Å². The Hall–Kier alpha value is -2.66. The van der Waals surface area contributed by atoms with E-state index in [1.54, 1.807) is 0 Å². The molecule has 3 N–H and O–H groups in total. The molecule has 28 heavy (non-hydrogen) atoms. The van der Waals surface area contributed by atoms with Crippen molar-refractivity contribution in [2.24, 2.45) is 0 Å². The van der Waals surface area contributed by atoms with Crippen molar-refractivity contribution in [3.8, 4) is 0 Å². The maximum atomic E-state index is 14.5. The van der Waals surface area contributed by atoms with E-state index < -0.39 is 32.9 Å². The number of benzene rings is 1. The normalized spacial score (nSPS) is 21.1. The summed E-state index contributed by atoms with van der Waals surface area (Å²) in [4.78, 5) is 4.07. The summed E-state index contributed by atoms with van der Waals surface area (Å²) in [5.41, 5.74) is -0.553. The highest BCUT2D eigenvalue weighted by Crippen LogP contribution is 2.31. The molecule has 7 nitrogen and oxygen atoms in total. The molecule has 1 aromatic carbocycles. The third kappa shape index (κ3) is 3.80. The van der Waals surface area contributed by atoms with Crippen LogP contribution in [-0.4, -0.2) is 41.5 Å². The Morgan fingerprint density at radius 1 is 1.36 bits per heavy atom. The Balaban J connectivity index is 1.92. The lowest BCUT2D eigenvalue weighted by Gasteiger charge is -2.40. The van der Waals surface area contributed by atoms with E-state index in [9.17, 15) is 17.2 Å². The standard InChI is InChI=1S/C17H17F2N5O2S2/c1-17(9-28(25,26)24(2)16(20)23-17)12-7-11(4-5-13(12)19)22-15(27)14-6-3-10(18)8-21-14/h3-8H,9H2,1-2H3,(H2,20,23)(H,22,27)/t17-/m0/s1. The molecule has 0 radical (unpaired) electrons. The summed E-state index contributed by atoms with van der Waals surface area (Å²) >= 11 is 5.23. The minimum Gasteiger partial charge on any atom is -0.345 e. The molecule has 0 bridgehead atoms. The van der Waals surface area contributed by atoms with Gasteiger partial charge in [-0.3, -0.25) is 10.4 Å². The van der Waals surface area contributed by atoms with Gasteiger partial charge < -0.3 is 10.6 Å². The average Bonchev–Trinajstić information content (AvgIpc) is 2.61. The van der Waals surface area contributed by atoms with Gasteiger partial charge in [0.1, 0.15) is 16.6 Å². The third-order valence-corrected chi connectivity index (χ3v) is 6.65. The molecular formula is C17H17F2N5O2S2. The van der Waals surface area contributed by atoms with Crippen molar-refractivity contribution in [2.45, 2.75) is 12.5 Å². The molecule has 1 aromatic heterocycles. The van der Waals surface area contributed by atoms with Gasteiger partial charge in [-0.2, -0.15) is 0 Å². The van der Waals surface area contributed by atoms with Crippen molar-refractivity contribution in [3.63, 3.8) is 0 Å². The van der Waals surface area contributed by atoms with Crippen LogP contribution in [0.25, 0.3) is 0 Å². The SMILES string of the molecule is CN1C(=N)N[C@](C)(c2cc(NC(=S)c3ccc(F)cn3)ccc2F)CS1(=O)=O. The number of rotatable bonds is 3. The van der Waals surface area contributed by atoms with Crippen molar-refractivity contribution < 1.29 is 17.2 Å². The van der Waals surface area contributed by atoms with E-state index in [0.29, 0.717) is 11.4 Å². The van der Waals surface area contributed by atoms with Crippen molar-refractivity contribution >= 4 is 38.9 Å². The number of sulfonamides is 1. The summed E-state index contributed by atoms with van der Waals surface area (Å²) in [6.07, 6.45) is 1.03. The molecule has 11 heteroatoms. The zero-order valence-electron chi connectivity index (χ0n) is 15.0. The molecule has 0 unspecified atom stereocenters. The second-order valence-corrected chi connectivity index (χ2v) is 8.95. The molecule has 3 rings (SSSR count). The predicted molar refractivity (Wildman–Crippen MR) is 106 cm³/mol. The van der Waals surface area contributed by atoms with Crippen LogP contribution in [0.1, 0.15) is 18.2 Å². The van der Waals surface area contributed by atoms with Crippen LogP contribution in [0.15, 0.2) is 36.5 Å². The van der Waals surface area contributed by atoms with Crippen molar-refractivity contribution in [2.75, 3.05) is 18.1 Å². The fourth-order valence-electron chi connectivity index (χ4n) is 2.85. The molecule has 0 amide bonds. The number of halogens is 2. The molecule has 2 aromatic rings. The zero-order valence-corrected chi connectivity index (χ0v) is 16.6. The van der Waals surface area contributed by atoms with Crippen LogP contribution < -0.4 is 10.6 Å². The Labute approximate surface area is 166 Å². The van der Waals surface area contributed by atoms with Crippen LogP contribution in [0.5, 0.6) is 0 Å². The number of nitrogens with one attached hydrogen (secondary N) is 3. The Bertz CT molecular complexity index is 1060. The number of nitrogens with zero attached hydrogens (tertiary/aromatic N) is 2.